The molecule has 4 fully saturated rings. The van der Waals surface area contributed by atoms with Gasteiger partial charge in [0.1, 0.15) is 11.9 Å². The summed E-state index contributed by atoms with van der Waals surface area (Å²) in [7, 11) is -3.75. The molecule has 0 aromatic heterocycles. The topological polar surface area (TPSA) is 124 Å². The van der Waals surface area contributed by atoms with Crippen molar-refractivity contribution in [2.75, 3.05) is 6.26 Å². The van der Waals surface area contributed by atoms with Gasteiger partial charge in [-0.2, -0.15) is 8.42 Å². The largest absolute Gasteiger partial charge is 0.481 e. The molecule has 11 atom stereocenters. The van der Waals surface area contributed by atoms with E-state index in [1.54, 1.807) is 0 Å². The van der Waals surface area contributed by atoms with Crippen LogP contribution >= 0.6 is 0 Å². The lowest BCUT2D eigenvalue weighted by Crippen LogP contribution is -2.64. The number of aliphatic carboxylic acids is 1. The Morgan fingerprint density at radius 1 is 1.11 bits per heavy atom. The third kappa shape index (κ3) is 5.06. The summed E-state index contributed by atoms with van der Waals surface area (Å²) in [6.45, 7) is 9.95. The summed E-state index contributed by atoms with van der Waals surface area (Å²) in [5, 5.41) is 9.28. The number of Topliss-reactive ketones (excluding diaryl/α,β-unsaturated/α-hetero) is 1. The van der Waals surface area contributed by atoms with Gasteiger partial charge < -0.3 is 9.84 Å². The molecule has 38 heavy (non-hydrogen) atoms. The number of ether oxygens (including phenoxy) is 1. The molecular weight excluding hydrogens is 508 g/mol. The fraction of sp³-hybridized carbons (Fsp3) is 0.897. The summed E-state index contributed by atoms with van der Waals surface area (Å²) in [6, 6.07) is 0. The number of rotatable bonds is 8. The standard InChI is InChI=1S/C29H46O8S/c1-7-19-22-14-18(36-17(3)30)12-13-28(22,4)23-15-24(37-38(6,34)35)29(5)20(16(2)8-11-25(31)32)9-10-21(29)26(23)27(19)33/h16,18-24,26H,7-15H2,1-6H3,(H,31,32)/t16-,18-,19-,20-,21+,22+,23+,24+,26+,28+,29-/m1/s1. The van der Waals surface area contributed by atoms with Crippen LogP contribution in [0.4, 0.5) is 0 Å². The van der Waals surface area contributed by atoms with Crippen molar-refractivity contribution in [3.63, 3.8) is 0 Å². The Labute approximate surface area is 227 Å². The second-order valence-corrected chi connectivity index (χ2v) is 14.9. The Kier molecular flexibility index (Phi) is 8.14. The molecule has 0 bridgehead atoms. The van der Waals surface area contributed by atoms with Crippen LogP contribution < -0.4 is 0 Å². The van der Waals surface area contributed by atoms with Crippen LogP contribution in [0.5, 0.6) is 0 Å². The summed E-state index contributed by atoms with van der Waals surface area (Å²) >= 11 is 0. The Hall–Kier alpha value is -1.48. The summed E-state index contributed by atoms with van der Waals surface area (Å²) < 4.78 is 36.6. The fourth-order valence-corrected chi connectivity index (χ4v) is 10.5. The molecule has 4 aliphatic rings. The predicted octanol–water partition coefficient (Wildman–Crippen LogP) is 4.85. The fourth-order valence-electron chi connectivity index (χ4n) is 9.78. The third-order valence-corrected chi connectivity index (χ3v) is 12.0. The highest BCUT2D eigenvalue weighted by Gasteiger charge is 2.68. The number of carbonyl (C=O) groups is 3. The van der Waals surface area contributed by atoms with Crippen LogP contribution in [0.2, 0.25) is 0 Å². The smallest absolute Gasteiger partial charge is 0.303 e. The van der Waals surface area contributed by atoms with Gasteiger partial charge in [-0.3, -0.25) is 18.6 Å². The first-order valence-electron chi connectivity index (χ1n) is 14.4. The number of hydrogen-bond acceptors (Lipinski definition) is 7. The number of hydrogen-bond donors (Lipinski definition) is 1. The molecule has 4 rings (SSSR count). The Morgan fingerprint density at radius 2 is 1.79 bits per heavy atom. The molecule has 0 radical (unpaired) electrons. The number of carboxylic acid groups (broad SMARTS) is 1. The first kappa shape index (κ1) is 29.5. The van der Waals surface area contributed by atoms with Crippen molar-refractivity contribution in [2.45, 2.75) is 105 Å². The van der Waals surface area contributed by atoms with E-state index < -0.39 is 27.6 Å². The number of fused-ring (bicyclic) bond motifs is 5. The maximum absolute atomic E-state index is 14.3. The molecule has 0 spiro atoms. The zero-order chi connectivity index (χ0) is 28.2. The lowest BCUT2D eigenvalue weighted by Gasteiger charge is -2.63. The van der Waals surface area contributed by atoms with Gasteiger partial charge in [-0.05, 0) is 86.4 Å². The minimum Gasteiger partial charge on any atom is -0.481 e. The first-order valence-corrected chi connectivity index (χ1v) is 16.3. The van der Waals surface area contributed by atoms with Gasteiger partial charge in [-0.25, -0.2) is 0 Å². The van der Waals surface area contributed by atoms with Crippen molar-refractivity contribution in [1.29, 1.82) is 0 Å². The Bertz CT molecular complexity index is 1050. The Morgan fingerprint density at radius 3 is 2.37 bits per heavy atom. The van der Waals surface area contributed by atoms with Crippen molar-refractivity contribution in [2.24, 2.45) is 52.3 Å². The highest BCUT2D eigenvalue weighted by molar-refractivity contribution is 7.86. The minimum absolute atomic E-state index is 0.000946. The van der Waals surface area contributed by atoms with Crippen LogP contribution in [-0.4, -0.2) is 49.7 Å². The molecule has 0 aromatic rings. The Balaban J connectivity index is 1.74. The lowest BCUT2D eigenvalue weighted by atomic mass is 9.41. The van der Waals surface area contributed by atoms with E-state index in [2.05, 4.69) is 27.7 Å². The summed E-state index contributed by atoms with van der Waals surface area (Å²) in [6.07, 6.45) is 6.08. The molecule has 9 heteroatoms. The maximum Gasteiger partial charge on any atom is 0.303 e. The van der Waals surface area contributed by atoms with Gasteiger partial charge >= 0.3 is 11.9 Å². The average molecular weight is 555 g/mol. The number of ketones is 1. The zero-order valence-electron chi connectivity index (χ0n) is 23.8. The van der Waals surface area contributed by atoms with Gasteiger partial charge in [0.25, 0.3) is 10.1 Å². The van der Waals surface area contributed by atoms with E-state index in [4.69, 9.17) is 8.92 Å². The van der Waals surface area contributed by atoms with Gasteiger partial charge in [0, 0.05) is 30.6 Å². The second kappa shape index (κ2) is 10.5. The average Bonchev–Trinajstić information content (AvgIpc) is 3.16. The van der Waals surface area contributed by atoms with Gasteiger partial charge in [0.15, 0.2) is 0 Å². The maximum atomic E-state index is 14.3. The van der Waals surface area contributed by atoms with Crippen LogP contribution in [0, 0.1) is 52.3 Å². The molecular formula is C29H46O8S. The van der Waals surface area contributed by atoms with Crippen molar-refractivity contribution in [3.8, 4) is 0 Å². The normalized spacial score (nSPS) is 43.5. The molecule has 8 nitrogen and oxygen atoms in total. The molecule has 216 valence electrons. The second-order valence-electron chi connectivity index (χ2n) is 13.3. The van der Waals surface area contributed by atoms with Gasteiger partial charge in [0.05, 0.1) is 12.4 Å². The van der Waals surface area contributed by atoms with Crippen molar-refractivity contribution in [1.82, 2.24) is 0 Å². The number of carboxylic acids is 1. The van der Waals surface area contributed by atoms with E-state index in [-0.39, 0.29) is 71.1 Å². The molecule has 4 saturated carbocycles. The van der Waals surface area contributed by atoms with Crippen molar-refractivity contribution in [3.05, 3.63) is 0 Å². The third-order valence-electron chi connectivity index (χ3n) is 11.4. The molecule has 0 amide bonds. The molecule has 4 aliphatic carbocycles. The highest BCUT2D eigenvalue weighted by Crippen LogP contribution is 2.69. The highest BCUT2D eigenvalue weighted by atomic mass is 32.2. The molecule has 0 saturated heterocycles. The SMILES string of the molecule is CC[C@H]1C(=O)[C@@H]2[C@H](C[C@H](OS(C)(=O)=O)[C@]3(C)[C@@H]([C@H](C)CCC(=O)O)CC[C@@H]23)[C@@]2(C)CC[C@@H](OC(C)=O)C[C@@H]12. The number of carbonyl (C=O) groups excluding carboxylic acids is 2. The quantitative estimate of drug-likeness (QED) is 0.334. The molecule has 0 aliphatic heterocycles. The van der Waals surface area contributed by atoms with E-state index in [1.165, 1.54) is 6.92 Å². The molecule has 1 N–H and O–H groups in total. The molecule has 0 aromatic carbocycles. The predicted molar refractivity (Wildman–Crippen MR) is 141 cm³/mol. The molecule has 0 heterocycles. The summed E-state index contributed by atoms with van der Waals surface area (Å²) in [5.41, 5.74) is -0.711. The summed E-state index contributed by atoms with van der Waals surface area (Å²) in [4.78, 5) is 37.4. The van der Waals surface area contributed by atoms with E-state index in [0.29, 0.717) is 19.3 Å². The van der Waals surface area contributed by atoms with E-state index in [1.807, 2.05) is 0 Å². The lowest BCUT2D eigenvalue weighted by molar-refractivity contribution is -0.191. The minimum atomic E-state index is -3.75. The monoisotopic (exact) mass is 554 g/mol. The van der Waals surface area contributed by atoms with Crippen molar-refractivity contribution >= 4 is 27.8 Å². The van der Waals surface area contributed by atoms with Gasteiger partial charge in [-0.15, -0.1) is 0 Å². The van der Waals surface area contributed by atoms with Crippen LogP contribution in [0.15, 0.2) is 0 Å². The van der Waals surface area contributed by atoms with Crippen molar-refractivity contribution < 1.29 is 36.8 Å². The van der Waals surface area contributed by atoms with Crippen LogP contribution in [0.3, 0.4) is 0 Å². The number of esters is 1. The van der Waals surface area contributed by atoms with E-state index >= 15 is 0 Å². The van der Waals surface area contributed by atoms with Crippen LogP contribution in [0.25, 0.3) is 0 Å². The van der Waals surface area contributed by atoms with Gasteiger partial charge in [-0.1, -0.05) is 27.7 Å². The zero-order valence-corrected chi connectivity index (χ0v) is 24.6. The van der Waals surface area contributed by atoms with E-state index in [9.17, 15) is 27.9 Å². The van der Waals surface area contributed by atoms with Crippen LogP contribution in [0.1, 0.15) is 92.4 Å². The molecule has 0 unspecified atom stereocenters. The van der Waals surface area contributed by atoms with E-state index in [0.717, 1.165) is 38.4 Å². The first-order chi connectivity index (χ1) is 17.6. The summed E-state index contributed by atoms with van der Waals surface area (Å²) in [5.74, 6) is -0.881. The van der Waals surface area contributed by atoms with Crippen LogP contribution in [-0.2, 0) is 33.4 Å². The van der Waals surface area contributed by atoms with Gasteiger partial charge in [0.2, 0.25) is 0 Å².